The predicted octanol–water partition coefficient (Wildman–Crippen LogP) is 0.904. The van der Waals surface area contributed by atoms with Crippen molar-refractivity contribution in [3.05, 3.63) is 35.9 Å². The number of nitrogens with zero attached hydrogens (tertiary/aromatic N) is 5. The van der Waals surface area contributed by atoms with Crippen LogP contribution in [0.1, 0.15) is 41.3 Å². The number of methoxy groups -OCH3 is 1. The molecule has 0 spiro atoms. The lowest BCUT2D eigenvalue weighted by Crippen LogP contribution is -2.29. The lowest BCUT2D eigenvalue weighted by molar-refractivity contribution is 0.0936. The second-order valence-electron chi connectivity index (χ2n) is 4.95. The van der Waals surface area contributed by atoms with Crippen molar-refractivity contribution in [2.24, 2.45) is 0 Å². The zero-order valence-electron chi connectivity index (χ0n) is 13.0. The van der Waals surface area contributed by atoms with Crippen LogP contribution < -0.4 is 5.32 Å². The van der Waals surface area contributed by atoms with E-state index in [0.29, 0.717) is 23.7 Å². The summed E-state index contributed by atoms with van der Waals surface area (Å²) in [4.78, 5) is 20.2. The van der Waals surface area contributed by atoms with Gasteiger partial charge in [-0.05, 0) is 20.3 Å². The lowest BCUT2D eigenvalue weighted by atomic mass is 10.2. The van der Waals surface area contributed by atoms with Crippen molar-refractivity contribution in [3.63, 3.8) is 0 Å². The van der Waals surface area contributed by atoms with Crippen molar-refractivity contribution >= 4 is 5.91 Å². The van der Waals surface area contributed by atoms with E-state index in [-0.39, 0.29) is 11.9 Å². The third kappa shape index (κ3) is 3.85. The maximum Gasteiger partial charge on any atom is 0.255 e. The molecule has 0 saturated heterocycles. The predicted molar refractivity (Wildman–Crippen MR) is 79.2 cm³/mol. The Morgan fingerprint density at radius 2 is 2.32 bits per heavy atom. The summed E-state index contributed by atoms with van der Waals surface area (Å²) in [6, 6.07) is -0.267. The van der Waals surface area contributed by atoms with E-state index in [1.807, 2.05) is 11.5 Å². The van der Waals surface area contributed by atoms with Crippen molar-refractivity contribution < 1.29 is 9.53 Å². The number of ether oxygens (including phenoxy) is 1. The number of amides is 1. The molecule has 0 aliphatic carbocycles. The van der Waals surface area contributed by atoms with Crippen molar-refractivity contribution in [3.8, 4) is 0 Å². The van der Waals surface area contributed by atoms with Crippen LogP contribution in [-0.4, -0.2) is 44.4 Å². The van der Waals surface area contributed by atoms with Crippen LogP contribution in [0.4, 0.5) is 0 Å². The minimum atomic E-state index is -0.267. The zero-order chi connectivity index (χ0) is 15.9. The van der Waals surface area contributed by atoms with Gasteiger partial charge in [0.05, 0.1) is 17.3 Å². The molecule has 2 aromatic heterocycles. The Kier molecular flexibility index (Phi) is 5.54. The van der Waals surface area contributed by atoms with Gasteiger partial charge in [-0.2, -0.15) is 0 Å². The smallest absolute Gasteiger partial charge is 0.255 e. The van der Waals surface area contributed by atoms with Gasteiger partial charge in [0.2, 0.25) is 0 Å². The van der Waals surface area contributed by atoms with Gasteiger partial charge in [-0.25, -0.2) is 9.97 Å². The molecule has 0 aliphatic rings. The molecule has 0 fully saturated rings. The Hall–Kier alpha value is -2.35. The molecule has 0 unspecified atom stereocenters. The molecule has 8 heteroatoms. The standard InChI is InChI=1S/C14H20N6O2/c1-10-12(7-15-8-16-10)14(21)18-11(2)13-19-17-9-20(13)5-4-6-22-3/h7-9,11H,4-6H2,1-3H3,(H,18,21)/t11-/m0/s1. The molecule has 2 aromatic rings. The number of aryl methyl sites for hydroxylation is 2. The van der Waals surface area contributed by atoms with Gasteiger partial charge in [0.1, 0.15) is 12.7 Å². The molecular formula is C14H20N6O2. The Balaban J connectivity index is 2.03. The number of nitrogens with one attached hydrogen (secondary N) is 1. The molecule has 0 radical (unpaired) electrons. The van der Waals surface area contributed by atoms with Crippen molar-refractivity contribution in [2.45, 2.75) is 32.9 Å². The molecule has 1 N–H and O–H groups in total. The van der Waals surface area contributed by atoms with Crippen LogP contribution in [-0.2, 0) is 11.3 Å². The average molecular weight is 304 g/mol. The number of carbonyl (C=O) groups excluding carboxylic acids is 1. The topological polar surface area (TPSA) is 94.8 Å². The Morgan fingerprint density at radius 3 is 3.05 bits per heavy atom. The summed E-state index contributed by atoms with van der Waals surface area (Å²) in [5, 5.41) is 10.9. The summed E-state index contributed by atoms with van der Waals surface area (Å²) in [6.07, 6.45) is 5.44. The fraction of sp³-hybridized carbons (Fsp3) is 0.500. The maximum atomic E-state index is 12.3. The highest BCUT2D eigenvalue weighted by Gasteiger charge is 2.18. The second kappa shape index (κ2) is 7.60. The lowest BCUT2D eigenvalue weighted by Gasteiger charge is -2.15. The molecule has 1 atom stereocenters. The number of aromatic nitrogens is 5. The van der Waals surface area contributed by atoms with Gasteiger partial charge in [0, 0.05) is 26.5 Å². The van der Waals surface area contributed by atoms with Crippen molar-refractivity contribution in [2.75, 3.05) is 13.7 Å². The molecule has 0 saturated carbocycles. The highest BCUT2D eigenvalue weighted by atomic mass is 16.5. The quantitative estimate of drug-likeness (QED) is 0.764. The van der Waals surface area contributed by atoms with Crippen molar-refractivity contribution in [1.29, 1.82) is 0 Å². The molecule has 118 valence electrons. The minimum absolute atomic E-state index is 0.225. The molecule has 1 amide bonds. The average Bonchev–Trinajstić information content (AvgIpc) is 2.96. The van der Waals surface area contributed by atoms with E-state index in [1.165, 1.54) is 12.5 Å². The van der Waals surface area contributed by atoms with E-state index >= 15 is 0 Å². The number of hydrogen-bond donors (Lipinski definition) is 1. The van der Waals surface area contributed by atoms with Gasteiger partial charge in [-0.3, -0.25) is 4.79 Å². The third-order valence-electron chi connectivity index (χ3n) is 3.28. The van der Waals surface area contributed by atoms with Gasteiger partial charge in [-0.1, -0.05) is 0 Å². The number of hydrogen-bond acceptors (Lipinski definition) is 6. The van der Waals surface area contributed by atoms with Crippen LogP contribution in [0.25, 0.3) is 0 Å². The molecular weight excluding hydrogens is 284 g/mol. The Bertz CT molecular complexity index is 627. The van der Waals surface area contributed by atoms with E-state index in [2.05, 4.69) is 25.5 Å². The van der Waals surface area contributed by atoms with E-state index in [1.54, 1.807) is 20.4 Å². The van der Waals surface area contributed by atoms with Crippen LogP contribution in [0.15, 0.2) is 18.9 Å². The van der Waals surface area contributed by atoms with Crippen molar-refractivity contribution in [1.82, 2.24) is 30.0 Å². The summed E-state index contributed by atoms with van der Waals surface area (Å²) in [6.45, 7) is 5.05. The summed E-state index contributed by atoms with van der Waals surface area (Å²) in [7, 11) is 1.67. The zero-order valence-corrected chi connectivity index (χ0v) is 13.0. The molecule has 8 nitrogen and oxygen atoms in total. The van der Waals surface area contributed by atoms with Crippen LogP contribution in [0.3, 0.4) is 0 Å². The summed E-state index contributed by atoms with van der Waals surface area (Å²) in [5.41, 5.74) is 1.10. The van der Waals surface area contributed by atoms with Gasteiger partial charge in [-0.15, -0.1) is 10.2 Å². The highest BCUT2D eigenvalue weighted by Crippen LogP contribution is 2.11. The molecule has 2 rings (SSSR count). The SMILES string of the molecule is COCCCn1cnnc1[C@H](C)NC(=O)c1cncnc1C. The second-order valence-corrected chi connectivity index (χ2v) is 4.95. The van der Waals surface area contributed by atoms with Crippen LogP contribution in [0.2, 0.25) is 0 Å². The van der Waals surface area contributed by atoms with E-state index < -0.39 is 0 Å². The van der Waals surface area contributed by atoms with Crippen LogP contribution in [0, 0.1) is 6.92 Å². The Labute approximate surface area is 128 Å². The van der Waals surface area contributed by atoms with Crippen LogP contribution >= 0.6 is 0 Å². The maximum absolute atomic E-state index is 12.3. The number of rotatable bonds is 7. The van der Waals surface area contributed by atoms with Crippen LogP contribution in [0.5, 0.6) is 0 Å². The normalized spacial score (nSPS) is 12.1. The van der Waals surface area contributed by atoms with Gasteiger partial charge >= 0.3 is 0 Å². The summed E-state index contributed by atoms with van der Waals surface area (Å²) in [5.74, 6) is 0.482. The minimum Gasteiger partial charge on any atom is -0.385 e. The van der Waals surface area contributed by atoms with E-state index in [4.69, 9.17) is 4.74 Å². The first-order chi connectivity index (χ1) is 10.6. The molecule has 0 aliphatic heterocycles. The molecule has 22 heavy (non-hydrogen) atoms. The summed E-state index contributed by atoms with van der Waals surface area (Å²) >= 11 is 0. The monoisotopic (exact) mass is 304 g/mol. The first-order valence-corrected chi connectivity index (χ1v) is 7.07. The van der Waals surface area contributed by atoms with Gasteiger partial charge in [0.25, 0.3) is 5.91 Å². The molecule has 0 bridgehead atoms. The van der Waals surface area contributed by atoms with E-state index in [9.17, 15) is 4.79 Å². The third-order valence-corrected chi connectivity index (χ3v) is 3.28. The first kappa shape index (κ1) is 16.0. The largest absolute Gasteiger partial charge is 0.385 e. The highest BCUT2D eigenvalue weighted by molar-refractivity contribution is 5.95. The summed E-state index contributed by atoms with van der Waals surface area (Å²) < 4.78 is 6.95. The Morgan fingerprint density at radius 1 is 1.50 bits per heavy atom. The fourth-order valence-corrected chi connectivity index (χ4v) is 2.10. The first-order valence-electron chi connectivity index (χ1n) is 7.07. The van der Waals surface area contributed by atoms with Gasteiger partial charge in [0.15, 0.2) is 5.82 Å². The molecule has 2 heterocycles. The van der Waals surface area contributed by atoms with E-state index in [0.717, 1.165) is 13.0 Å². The van der Waals surface area contributed by atoms with Gasteiger partial charge < -0.3 is 14.6 Å². The number of carbonyl (C=O) groups is 1. The molecule has 0 aromatic carbocycles. The fourth-order valence-electron chi connectivity index (χ4n) is 2.10.